The molecule has 0 aromatic carbocycles. The minimum absolute atomic E-state index is 0. The molecule has 0 aromatic rings. The van der Waals surface area contributed by atoms with Gasteiger partial charge in [0.2, 0.25) is 0 Å². The fourth-order valence-electron chi connectivity index (χ4n) is 0. The van der Waals surface area contributed by atoms with E-state index in [1.807, 2.05) is 0 Å². The monoisotopic (exact) mass is 121 g/mol. The summed E-state index contributed by atoms with van der Waals surface area (Å²) >= 11 is 0. The van der Waals surface area contributed by atoms with Crippen molar-refractivity contribution < 1.29 is 19.5 Å². The van der Waals surface area contributed by atoms with Gasteiger partial charge in [-0.05, 0) is 0 Å². The van der Waals surface area contributed by atoms with Gasteiger partial charge in [0.25, 0.3) is 0 Å². The predicted octanol–water partition coefficient (Wildman–Crippen LogP) is -0.390. The topological polar surface area (TPSA) is 62.2 Å². The molecule has 3 nitrogen and oxygen atoms in total. The van der Waals surface area contributed by atoms with Gasteiger partial charge in [0.1, 0.15) is 6.01 Å². The summed E-state index contributed by atoms with van der Waals surface area (Å²) < 4.78 is 0. The fraction of sp³-hybridized carbons (Fsp3) is 0. The third-order valence-electron chi connectivity index (χ3n) is 0.0645. The van der Waals surface area contributed by atoms with Crippen LogP contribution >= 0.6 is 0 Å². The standard InChI is InChI=1S/CH3N3.Zn/c2-1-4-3;/h2H,3H2;. The van der Waals surface area contributed by atoms with E-state index in [1.165, 1.54) is 0 Å². The zero-order valence-corrected chi connectivity index (χ0v) is 5.70. The summed E-state index contributed by atoms with van der Waals surface area (Å²) in [6, 6.07) is 1.58. The van der Waals surface area contributed by atoms with Crippen LogP contribution in [0.15, 0.2) is 5.10 Å². The maximum atomic E-state index is 5.91. The maximum absolute atomic E-state index is 5.91. The van der Waals surface area contributed by atoms with Crippen molar-refractivity contribution >= 4 is 6.01 Å². The molecule has 0 spiro atoms. The van der Waals surface area contributed by atoms with Crippen LogP contribution < -0.4 is 5.84 Å². The Bertz CT molecular complexity index is 44.9. The number of rotatable bonds is 0. The Kier molecular flexibility index (Phi) is 16.3. The van der Waals surface area contributed by atoms with Crippen molar-refractivity contribution in [2.45, 2.75) is 0 Å². The molecule has 0 aliphatic rings. The van der Waals surface area contributed by atoms with Crippen LogP contribution in [0.4, 0.5) is 0 Å². The van der Waals surface area contributed by atoms with Crippen molar-refractivity contribution in [3.63, 3.8) is 0 Å². The molecule has 0 aliphatic carbocycles. The van der Waals surface area contributed by atoms with Crippen LogP contribution in [-0.4, -0.2) is 6.01 Å². The van der Waals surface area contributed by atoms with Gasteiger partial charge in [-0.15, -0.1) is 5.10 Å². The average Bonchev–Trinajstić information content (AvgIpc) is 1.37. The van der Waals surface area contributed by atoms with Crippen molar-refractivity contribution in [2.24, 2.45) is 10.9 Å². The van der Waals surface area contributed by atoms with E-state index in [2.05, 4.69) is 10.9 Å². The van der Waals surface area contributed by atoms with Gasteiger partial charge in [-0.1, -0.05) is 0 Å². The first-order chi connectivity index (χ1) is 1.91. The summed E-state index contributed by atoms with van der Waals surface area (Å²) in [7, 11) is 0. The number of nitrogens with zero attached hydrogens (tertiary/aromatic N) is 1. The maximum Gasteiger partial charge on any atom is 0.111 e. The molecule has 0 saturated heterocycles. The Morgan fingerprint density at radius 1 is 1.80 bits per heavy atom. The van der Waals surface area contributed by atoms with Gasteiger partial charge in [-0.25, -0.2) is 5.41 Å². The number of nitrogens with two attached hydrogens (primary N) is 1. The van der Waals surface area contributed by atoms with Gasteiger partial charge in [0, 0.05) is 19.5 Å². The zero-order chi connectivity index (χ0) is 3.41. The van der Waals surface area contributed by atoms with E-state index in [4.69, 9.17) is 5.41 Å². The molecule has 0 unspecified atom stereocenters. The fourth-order valence-corrected chi connectivity index (χ4v) is 0. The molecule has 0 fully saturated rings. The number of hydrazone groups is 1. The Labute approximate surface area is 42.5 Å². The second-order valence-electron chi connectivity index (χ2n) is 0.241. The molecule has 0 aromatic heterocycles. The van der Waals surface area contributed by atoms with E-state index in [1.54, 1.807) is 6.01 Å². The molecular formula is CH3N3Zn. The molecule has 0 saturated carbocycles. The first-order valence-corrected chi connectivity index (χ1v) is 0.732. The molecule has 0 heterocycles. The summed E-state index contributed by atoms with van der Waals surface area (Å²) in [5, 5.41) is 8.56. The molecule has 24 valence electrons. The van der Waals surface area contributed by atoms with Crippen molar-refractivity contribution in [1.82, 2.24) is 0 Å². The van der Waals surface area contributed by atoms with E-state index >= 15 is 0 Å². The van der Waals surface area contributed by atoms with E-state index in [-0.39, 0.29) is 19.5 Å². The molecule has 0 bridgehead atoms. The number of hydrogen-bond donors (Lipinski definition) is 2. The van der Waals surface area contributed by atoms with Crippen molar-refractivity contribution in [2.75, 3.05) is 0 Å². The van der Waals surface area contributed by atoms with Crippen LogP contribution in [-0.2, 0) is 19.5 Å². The van der Waals surface area contributed by atoms with Gasteiger partial charge >= 0.3 is 0 Å². The molecule has 0 radical (unpaired) electrons. The minimum atomic E-state index is 0. The number of nitrogens with one attached hydrogen (secondary N) is 1. The minimum Gasteiger partial charge on any atom is -0.314 e. The molecule has 0 aliphatic heterocycles. The third-order valence-corrected chi connectivity index (χ3v) is 0.0645. The Morgan fingerprint density at radius 3 is 2.00 bits per heavy atom. The molecule has 5 heavy (non-hydrogen) atoms. The zero-order valence-electron chi connectivity index (χ0n) is 2.73. The van der Waals surface area contributed by atoms with Crippen molar-refractivity contribution in [1.29, 1.82) is 5.41 Å². The Balaban J connectivity index is 0. The normalized spacial score (nSPS) is 3.20. The summed E-state index contributed by atoms with van der Waals surface area (Å²) in [5.74, 6) is 4.35. The van der Waals surface area contributed by atoms with Crippen molar-refractivity contribution in [3.05, 3.63) is 0 Å². The Hall–Kier alpha value is -0.197. The van der Waals surface area contributed by atoms with E-state index in [9.17, 15) is 0 Å². The SMILES string of the molecule is N=C=NN.[Zn]. The molecular weight excluding hydrogens is 119 g/mol. The molecule has 0 amide bonds. The average molecular weight is 122 g/mol. The van der Waals surface area contributed by atoms with Gasteiger partial charge in [-0.3, -0.25) is 0 Å². The van der Waals surface area contributed by atoms with Crippen LogP contribution in [0.25, 0.3) is 0 Å². The molecule has 4 heteroatoms. The Morgan fingerprint density at radius 2 is 2.00 bits per heavy atom. The summed E-state index contributed by atoms with van der Waals surface area (Å²) in [5.41, 5.74) is 0. The largest absolute Gasteiger partial charge is 0.314 e. The second kappa shape index (κ2) is 9.19. The predicted molar refractivity (Wildman–Crippen MR) is 14.3 cm³/mol. The van der Waals surface area contributed by atoms with Crippen LogP contribution in [0.3, 0.4) is 0 Å². The molecule has 0 rings (SSSR count). The quantitative estimate of drug-likeness (QED) is 0.195. The van der Waals surface area contributed by atoms with Gasteiger partial charge in [-0.2, -0.15) is 0 Å². The second-order valence-corrected chi connectivity index (χ2v) is 0.241. The van der Waals surface area contributed by atoms with Gasteiger partial charge in [0.05, 0.1) is 0 Å². The first kappa shape index (κ1) is 8.84. The summed E-state index contributed by atoms with van der Waals surface area (Å²) in [6.07, 6.45) is 0. The van der Waals surface area contributed by atoms with E-state index < -0.39 is 0 Å². The number of hydrogen-bond acceptors (Lipinski definition) is 3. The van der Waals surface area contributed by atoms with Crippen LogP contribution in [0, 0.1) is 5.41 Å². The van der Waals surface area contributed by atoms with Crippen molar-refractivity contribution in [3.8, 4) is 0 Å². The van der Waals surface area contributed by atoms with Gasteiger partial charge < -0.3 is 5.84 Å². The third kappa shape index (κ3) is 19.2. The molecule has 3 N–H and O–H groups in total. The van der Waals surface area contributed by atoms with Crippen LogP contribution in [0.2, 0.25) is 0 Å². The first-order valence-electron chi connectivity index (χ1n) is 0.732. The molecule has 0 atom stereocenters. The summed E-state index contributed by atoms with van der Waals surface area (Å²) in [6.45, 7) is 0. The van der Waals surface area contributed by atoms with E-state index in [0.29, 0.717) is 0 Å². The smallest absolute Gasteiger partial charge is 0.111 e. The van der Waals surface area contributed by atoms with Gasteiger partial charge in [0.15, 0.2) is 0 Å². The summed E-state index contributed by atoms with van der Waals surface area (Å²) in [4.78, 5) is 0. The van der Waals surface area contributed by atoms with Crippen LogP contribution in [0.1, 0.15) is 0 Å². The van der Waals surface area contributed by atoms with Crippen LogP contribution in [0.5, 0.6) is 0 Å². The van der Waals surface area contributed by atoms with E-state index in [0.717, 1.165) is 0 Å².